The minimum Gasteiger partial charge on any atom is -0.504 e. The minimum atomic E-state index is -0.313. The number of nitrogens with zero attached hydrogens (tertiary/aromatic N) is 3. The smallest absolute Gasteiger partial charge is 0.267 e. The van der Waals surface area contributed by atoms with Gasteiger partial charge in [0.05, 0.1) is 4.88 Å². The van der Waals surface area contributed by atoms with Crippen molar-refractivity contribution in [3.8, 4) is 5.75 Å². The number of aryl methyl sites for hydroxylation is 3. The Morgan fingerprint density at radius 2 is 2.05 bits per heavy atom. The molecule has 6 nitrogen and oxygen atoms in total. The summed E-state index contributed by atoms with van der Waals surface area (Å²) in [5.41, 5.74) is 1.70. The van der Waals surface area contributed by atoms with Crippen LogP contribution in [0.25, 0.3) is 10.2 Å². The maximum Gasteiger partial charge on any atom is 0.267 e. The van der Waals surface area contributed by atoms with Gasteiger partial charge in [-0.3, -0.25) is 4.79 Å². The number of fused-ring (bicyclic) bond motifs is 1. The molecule has 0 radical (unpaired) electrons. The van der Waals surface area contributed by atoms with Gasteiger partial charge in [-0.25, -0.2) is 15.0 Å². The van der Waals surface area contributed by atoms with Crippen LogP contribution in [-0.2, 0) is 0 Å². The molecule has 0 aliphatic rings. The Labute approximate surface area is 130 Å². The van der Waals surface area contributed by atoms with Crippen LogP contribution in [0.3, 0.4) is 0 Å². The minimum absolute atomic E-state index is 0.0681. The number of aromatic hydroxyl groups is 1. The van der Waals surface area contributed by atoms with E-state index >= 15 is 0 Å². The van der Waals surface area contributed by atoms with Gasteiger partial charge in [-0.05, 0) is 38.5 Å². The second-order valence-electron chi connectivity index (χ2n) is 4.92. The molecule has 0 bridgehead atoms. The van der Waals surface area contributed by atoms with Crippen molar-refractivity contribution in [3.05, 3.63) is 40.3 Å². The number of pyridine rings is 1. The molecular formula is C15H14N4O2S. The maximum atomic E-state index is 12.5. The number of aromatic nitrogens is 3. The van der Waals surface area contributed by atoms with Gasteiger partial charge in [0.1, 0.15) is 10.7 Å². The summed E-state index contributed by atoms with van der Waals surface area (Å²) < 4.78 is 0. The predicted octanol–water partition coefficient (Wildman–Crippen LogP) is 2.97. The lowest BCUT2D eigenvalue weighted by Gasteiger charge is -2.05. The van der Waals surface area contributed by atoms with Crippen LogP contribution in [0, 0.1) is 20.8 Å². The molecule has 2 N–H and O–H groups in total. The third kappa shape index (κ3) is 2.39. The van der Waals surface area contributed by atoms with Crippen molar-refractivity contribution < 1.29 is 9.90 Å². The monoisotopic (exact) mass is 314 g/mol. The lowest BCUT2D eigenvalue weighted by Crippen LogP contribution is -2.12. The number of hydrogen-bond acceptors (Lipinski definition) is 6. The number of hydrogen-bond donors (Lipinski definition) is 2. The summed E-state index contributed by atoms with van der Waals surface area (Å²) in [6.45, 7) is 5.61. The van der Waals surface area contributed by atoms with Crippen LogP contribution < -0.4 is 5.32 Å². The Morgan fingerprint density at radius 3 is 2.77 bits per heavy atom. The number of carbonyl (C=O) groups excluding carboxylic acids is 1. The van der Waals surface area contributed by atoms with Crippen molar-refractivity contribution in [3.63, 3.8) is 0 Å². The number of anilines is 1. The third-order valence-electron chi connectivity index (χ3n) is 3.31. The third-order valence-corrected chi connectivity index (χ3v) is 4.49. The molecule has 3 aromatic rings. The van der Waals surface area contributed by atoms with E-state index in [2.05, 4.69) is 20.3 Å². The lowest BCUT2D eigenvalue weighted by molar-refractivity contribution is 0.102. The molecule has 0 fully saturated rings. The molecule has 7 heteroatoms. The zero-order valence-electron chi connectivity index (χ0n) is 12.3. The Balaban J connectivity index is 2.03. The summed E-state index contributed by atoms with van der Waals surface area (Å²) in [7, 11) is 0. The van der Waals surface area contributed by atoms with Crippen LogP contribution in [-0.4, -0.2) is 26.0 Å². The number of nitrogens with one attached hydrogen (secondary N) is 1. The van der Waals surface area contributed by atoms with Gasteiger partial charge in [-0.2, -0.15) is 0 Å². The fourth-order valence-electron chi connectivity index (χ4n) is 2.35. The Bertz CT molecular complexity index is 889. The molecule has 3 heterocycles. The van der Waals surface area contributed by atoms with Crippen molar-refractivity contribution in [1.29, 1.82) is 0 Å². The SMILES string of the molecule is Cc1nc(C)c2c(C)c(C(=O)Nc3ncccc3O)sc2n1. The molecule has 3 aromatic heterocycles. The van der Waals surface area contributed by atoms with Gasteiger partial charge in [-0.15, -0.1) is 11.3 Å². The highest BCUT2D eigenvalue weighted by atomic mass is 32.1. The first-order chi connectivity index (χ1) is 10.5. The number of amides is 1. The van der Waals surface area contributed by atoms with E-state index < -0.39 is 0 Å². The van der Waals surface area contributed by atoms with Crippen LogP contribution in [0.4, 0.5) is 5.82 Å². The molecule has 0 unspecified atom stereocenters. The van der Waals surface area contributed by atoms with Crippen molar-refractivity contribution in [2.75, 3.05) is 5.32 Å². The lowest BCUT2D eigenvalue weighted by atomic mass is 10.1. The van der Waals surface area contributed by atoms with Gasteiger partial charge in [0.25, 0.3) is 5.91 Å². The van der Waals surface area contributed by atoms with Crippen LogP contribution in [0.2, 0.25) is 0 Å². The van der Waals surface area contributed by atoms with Crippen LogP contribution >= 0.6 is 11.3 Å². The fourth-order valence-corrected chi connectivity index (χ4v) is 3.52. The highest BCUT2D eigenvalue weighted by molar-refractivity contribution is 7.20. The van der Waals surface area contributed by atoms with E-state index in [9.17, 15) is 9.90 Å². The summed E-state index contributed by atoms with van der Waals surface area (Å²) in [5.74, 6) is 0.442. The second-order valence-corrected chi connectivity index (χ2v) is 5.92. The quantitative estimate of drug-likeness (QED) is 0.759. The number of rotatable bonds is 2. The van der Waals surface area contributed by atoms with Crippen molar-refractivity contribution in [1.82, 2.24) is 15.0 Å². The van der Waals surface area contributed by atoms with E-state index in [-0.39, 0.29) is 17.5 Å². The number of carbonyl (C=O) groups is 1. The largest absolute Gasteiger partial charge is 0.504 e. The predicted molar refractivity (Wildman–Crippen MR) is 85.5 cm³/mol. The summed E-state index contributed by atoms with van der Waals surface area (Å²) in [6, 6.07) is 3.07. The molecule has 0 saturated heterocycles. The summed E-state index contributed by atoms with van der Waals surface area (Å²) in [5, 5.41) is 13.2. The van der Waals surface area contributed by atoms with E-state index in [1.54, 1.807) is 6.07 Å². The first-order valence-corrected chi connectivity index (χ1v) is 7.48. The maximum absolute atomic E-state index is 12.5. The summed E-state index contributed by atoms with van der Waals surface area (Å²) in [6.07, 6.45) is 1.51. The van der Waals surface area contributed by atoms with Gasteiger partial charge < -0.3 is 10.4 Å². The van der Waals surface area contributed by atoms with Gasteiger partial charge in [-0.1, -0.05) is 0 Å². The average Bonchev–Trinajstić information content (AvgIpc) is 2.78. The molecule has 0 aromatic carbocycles. The van der Waals surface area contributed by atoms with Gasteiger partial charge in [0, 0.05) is 17.3 Å². The van der Waals surface area contributed by atoms with Crippen molar-refractivity contribution in [2.45, 2.75) is 20.8 Å². The molecule has 1 amide bonds. The Hall–Kier alpha value is -2.54. The molecule has 0 spiro atoms. The standard InChI is InChI=1S/C15H14N4O2S/c1-7-11-8(2)17-9(3)18-15(11)22-12(7)14(21)19-13-10(20)5-4-6-16-13/h4-6,20H,1-3H3,(H,16,19,21). The molecule has 3 rings (SSSR count). The molecule has 22 heavy (non-hydrogen) atoms. The zero-order chi connectivity index (χ0) is 15.9. The van der Waals surface area contributed by atoms with Crippen molar-refractivity contribution in [2.24, 2.45) is 0 Å². The van der Waals surface area contributed by atoms with Crippen LogP contribution in [0.15, 0.2) is 18.3 Å². The first-order valence-electron chi connectivity index (χ1n) is 6.67. The zero-order valence-corrected chi connectivity index (χ0v) is 13.2. The summed E-state index contributed by atoms with van der Waals surface area (Å²) >= 11 is 1.31. The molecule has 112 valence electrons. The van der Waals surface area contributed by atoms with E-state index in [1.165, 1.54) is 23.6 Å². The molecule has 0 aliphatic carbocycles. The van der Waals surface area contributed by atoms with E-state index in [0.717, 1.165) is 21.5 Å². The van der Waals surface area contributed by atoms with Crippen molar-refractivity contribution >= 4 is 33.3 Å². The van der Waals surface area contributed by atoms with Crippen LogP contribution in [0.1, 0.15) is 26.8 Å². The van der Waals surface area contributed by atoms with Gasteiger partial charge in [0.15, 0.2) is 11.6 Å². The second kappa shape index (κ2) is 5.34. The Kier molecular flexibility index (Phi) is 3.50. The van der Waals surface area contributed by atoms with Gasteiger partial charge >= 0.3 is 0 Å². The van der Waals surface area contributed by atoms with E-state index in [0.29, 0.717) is 10.7 Å². The summed E-state index contributed by atoms with van der Waals surface area (Å²) in [4.78, 5) is 26.5. The van der Waals surface area contributed by atoms with E-state index in [1.807, 2.05) is 20.8 Å². The molecular weight excluding hydrogens is 300 g/mol. The molecule has 0 saturated carbocycles. The molecule has 0 atom stereocenters. The highest BCUT2D eigenvalue weighted by Crippen LogP contribution is 2.32. The highest BCUT2D eigenvalue weighted by Gasteiger charge is 2.19. The van der Waals surface area contributed by atoms with Crippen LogP contribution in [0.5, 0.6) is 5.75 Å². The van der Waals surface area contributed by atoms with E-state index in [4.69, 9.17) is 0 Å². The topological polar surface area (TPSA) is 88.0 Å². The van der Waals surface area contributed by atoms with Gasteiger partial charge in [0.2, 0.25) is 0 Å². The molecule has 0 aliphatic heterocycles. The first kappa shape index (κ1) is 14.4. The average molecular weight is 314 g/mol. The Morgan fingerprint density at radius 1 is 1.27 bits per heavy atom. The number of thiophene rings is 1. The normalized spacial score (nSPS) is 10.9. The fraction of sp³-hybridized carbons (Fsp3) is 0.200.